The summed E-state index contributed by atoms with van der Waals surface area (Å²) < 4.78 is 0. The first-order chi connectivity index (χ1) is 6.84. The van der Waals surface area contributed by atoms with Gasteiger partial charge in [0.2, 0.25) is 5.95 Å². The van der Waals surface area contributed by atoms with Gasteiger partial charge in [-0.2, -0.15) is 4.98 Å². The number of H-pyrrole nitrogens is 1. The molecule has 1 fully saturated rings. The average Bonchev–Trinajstić information content (AvgIpc) is 2.43. The third-order valence-electron chi connectivity index (χ3n) is 2.36. The smallest absolute Gasteiger partial charge is 0.239 e. The predicted molar refractivity (Wildman–Crippen MR) is 53.6 cm³/mol. The minimum atomic E-state index is 0.327. The zero-order chi connectivity index (χ0) is 9.80. The van der Waals surface area contributed by atoms with Crippen LogP contribution in [0.5, 0.6) is 0 Å². The molecule has 1 saturated heterocycles. The van der Waals surface area contributed by atoms with E-state index in [1.807, 2.05) is 0 Å². The average molecular weight is 196 g/mol. The lowest BCUT2D eigenvalue weighted by atomic mass is 10.4. The van der Waals surface area contributed by atoms with Gasteiger partial charge in [0.25, 0.3) is 0 Å². The number of nitrogen functional groups attached to an aromatic ring is 1. The van der Waals surface area contributed by atoms with Crippen LogP contribution in [-0.2, 0) is 6.54 Å². The molecule has 4 N–H and O–H groups in total. The van der Waals surface area contributed by atoms with E-state index in [9.17, 15) is 0 Å². The van der Waals surface area contributed by atoms with Gasteiger partial charge in [0.15, 0.2) is 0 Å². The van der Waals surface area contributed by atoms with Crippen LogP contribution in [0, 0.1) is 0 Å². The minimum absolute atomic E-state index is 0.327. The number of hydrogen-bond donors (Lipinski definition) is 3. The summed E-state index contributed by atoms with van der Waals surface area (Å²) in [5.41, 5.74) is 5.43. The highest BCUT2D eigenvalue weighted by atomic mass is 15.3. The van der Waals surface area contributed by atoms with Gasteiger partial charge in [-0.15, -0.1) is 5.10 Å². The van der Waals surface area contributed by atoms with Gasteiger partial charge in [0.1, 0.15) is 5.82 Å². The lowest BCUT2D eigenvalue weighted by Crippen LogP contribution is -2.28. The van der Waals surface area contributed by atoms with E-state index in [0.29, 0.717) is 5.95 Å². The molecular formula is C8H16N6. The number of nitrogens with zero attached hydrogens (tertiary/aromatic N) is 3. The molecular weight excluding hydrogens is 180 g/mol. The van der Waals surface area contributed by atoms with Crippen LogP contribution in [0.4, 0.5) is 5.95 Å². The first kappa shape index (κ1) is 9.42. The molecule has 14 heavy (non-hydrogen) atoms. The van der Waals surface area contributed by atoms with E-state index in [2.05, 4.69) is 25.4 Å². The molecule has 78 valence electrons. The van der Waals surface area contributed by atoms with Crippen molar-refractivity contribution in [2.75, 3.05) is 31.9 Å². The first-order valence-corrected chi connectivity index (χ1v) is 4.94. The van der Waals surface area contributed by atoms with E-state index in [0.717, 1.165) is 38.5 Å². The molecule has 0 saturated carbocycles. The van der Waals surface area contributed by atoms with Gasteiger partial charge in [-0.25, -0.2) is 0 Å². The molecule has 0 unspecified atom stereocenters. The first-order valence-electron chi connectivity index (χ1n) is 4.94. The number of nitrogens with two attached hydrogens (primary N) is 1. The maximum atomic E-state index is 5.43. The lowest BCUT2D eigenvalue weighted by molar-refractivity contribution is 0.277. The van der Waals surface area contributed by atoms with Crippen molar-refractivity contribution in [2.45, 2.75) is 13.0 Å². The van der Waals surface area contributed by atoms with Crippen molar-refractivity contribution < 1.29 is 0 Å². The van der Waals surface area contributed by atoms with Gasteiger partial charge < -0.3 is 11.1 Å². The predicted octanol–water partition coefficient (Wildman–Crippen LogP) is -0.818. The van der Waals surface area contributed by atoms with Crippen LogP contribution in [0.15, 0.2) is 0 Å². The standard InChI is InChI=1S/C8H16N6/c9-8-11-7(12-13-8)6-14-4-1-2-10-3-5-14/h10H,1-6H2,(H3,9,11,12,13). The second-order valence-electron chi connectivity index (χ2n) is 3.52. The van der Waals surface area contributed by atoms with Gasteiger partial charge in [-0.3, -0.25) is 10.00 Å². The highest BCUT2D eigenvalue weighted by Crippen LogP contribution is 2.02. The molecule has 0 amide bonds. The summed E-state index contributed by atoms with van der Waals surface area (Å²) in [4.78, 5) is 6.43. The molecule has 2 rings (SSSR count). The Labute approximate surface area is 82.9 Å². The fourth-order valence-corrected chi connectivity index (χ4v) is 1.65. The summed E-state index contributed by atoms with van der Waals surface area (Å²) in [6, 6.07) is 0. The normalized spacial score (nSPS) is 19.4. The molecule has 6 nitrogen and oxygen atoms in total. The van der Waals surface area contributed by atoms with E-state index in [1.165, 1.54) is 6.42 Å². The highest BCUT2D eigenvalue weighted by Gasteiger charge is 2.10. The van der Waals surface area contributed by atoms with Crippen molar-refractivity contribution in [1.82, 2.24) is 25.4 Å². The van der Waals surface area contributed by atoms with Gasteiger partial charge in [0, 0.05) is 13.1 Å². The molecule has 0 radical (unpaired) electrons. The topological polar surface area (TPSA) is 82.9 Å². The maximum absolute atomic E-state index is 5.43. The third kappa shape index (κ3) is 2.43. The second kappa shape index (κ2) is 4.39. The summed E-state index contributed by atoms with van der Waals surface area (Å²) in [6.07, 6.45) is 1.18. The molecule has 0 atom stereocenters. The number of nitrogens with one attached hydrogen (secondary N) is 2. The summed E-state index contributed by atoms with van der Waals surface area (Å²) in [6.45, 7) is 5.12. The van der Waals surface area contributed by atoms with E-state index in [4.69, 9.17) is 5.73 Å². The van der Waals surface area contributed by atoms with Crippen molar-refractivity contribution in [3.63, 3.8) is 0 Å². The Morgan fingerprint density at radius 1 is 1.36 bits per heavy atom. The molecule has 0 bridgehead atoms. The number of aromatic nitrogens is 3. The van der Waals surface area contributed by atoms with E-state index in [1.54, 1.807) is 0 Å². The fourth-order valence-electron chi connectivity index (χ4n) is 1.65. The SMILES string of the molecule is Nc1n[nH]c(CN2CCCNCC2)n1. The van der Waals surface area contributed by atoms with Crippen LogP contribution in [0.1, 0.15) is 12.2 Å². The fraction of sp³-hybridized carbons (Fsp3) is 0.750. The number of hydrogen-bond acceptors (Lipinski definition) is 5. The zero-order valence-electron chi connectivity index (χ0n) is 8.16. The third-order valence-corrected chi connectivity index (χ3v) is 2.36. The Morgan fingerprint density at radius 2 is 2.29 bits per heavy atom. The molecule has 1 aromatic heterocycles. The van der Waals surface area contributed by atoms with Crippen molar-refractivity contribution in [1.29, 1.82) is 0 Å². The number of anilines is 1. The van der Waals surface area contributed by atoms with Crippen LogP contribution in [0.3, 0.4) is 0 Å². The number of aromatic amines is 1. The van der Waals surface area contributed by atoms with Crippen LogP contribution in [0.25, 0.3) is 0 Å². The second-order valence-corrected chi connectivity index (χ2v) is 3.52. The monoisotopic (exact) mass is 196 g/mol. The Bertz CT molecular complexity index is 275. The van der Waals surface area contributed by atoms with Gasteiger partial charge in [0.05, 0.1) is 6.54 Å². The molecule has 1 aromatic rings. The molecule has 0 spiro atoms. The summed E-state index contributed by atoms with van der Waals surface area (Å²) in [5, 5.41) is 9.99. The van der Waals surface area contributed by atoms with Crippen LogP contribution in [0.2, 0.25) is 0 Å². The van der Waals surface area contributed by atoms with Crippen molar-refractivity contribution >= 4 is 5.95 Å². The summed E-state index contributed by atoms with van der Waals surface area (Å²) in [5.74, 6) is 1.18. The minimum Gasteiger partial charge on any atom is -0.367 e. The van der Waals surface area contributed by atoms with Crippen molar-refractivity contribution in [3.05, 3.63) is 5.82 Å². The zero-order valence-corrected chi connectivity index (χ0v) is 8.16. The molecule has 1 aliphatic heterocycles. The Kier molecular flexibility index (Phi) is 2.95. The maximum Gasteiger partial charge on any atom is 0.239 e. The summed E-state index contributed by atoms with van der Waals surface area (Å²) in [7, 11) is 0. The van der Waals surface area contributed by atoms with Crippen LogP contribution in [-0.4, -0.2) is 46.3 Å². The quantitative estimate of drug-likeness (QED) is 0.576. The van der Waals surface area contributed by atoms with Crippen molar-refractivity contribution in [3.8, 4) is 0 Å². The lowest BCUT2D eigenvalue weighted by Gasteiger charge is -2.16. The Balaban J connectivity index is 1.89. The molecule has 0 aliphatic carbocycles. The van der Waals surface area contributed by atoms with E-state index in [-0.39, 0.29) is 0 Å². The largest absolute Gasteiger partial charge is 0.367 e. The van der Waals surface area contributed by atoms with E-state index >= 15 is 0 Å². The van der Waals surface area contributed by atoms with Crippen LogP contribution < -0.4 is 11.1 Å². The molecule has 2 heterocycles. The Hall–Kier alpha value is -1.14. The Morgan fingerprint density at radius 3 is 3.07 bits per heavy atom. The van der Waals surface area contributed by atoms with Gasteiger partial charge in [-0.05, 0) is 19.5 Å². The molecule has 0 aromatic carbocycles. The summed E-state index contributed by atoms with van der Waals surface area (Å²) >= 11 is 0. The van der Waals surface area contributed by atoms with Gasteiger partial charge >= 0.3 is 0 Å². The highest BCUT2D eigenvalue weighted by molar-refractivity contribution is 5.12. The molecule has 6 heteroatoms. The number of rotatable bonds is 2. The van der Waals surface area contributed by atoms with Crippen LogP contribution >= 0.6 is 0 Å². The van der Waals surface area contributed by atoms with Gasteiger partial charge in [-0.1, -0.05) is 0 Å². The molecule has 1 aliphatic rings. The van der Waals surface area contributed by atoms with E-state index < -0.39 is 0 Å². The van der Waals surface area contributed by atoms with Crippen molar-refractivity contribution in [2.24, 2.45) is 0 Å².